The minimum atomic E-state index is 0.330. The highest BCUT2D eigenvalue weighted by molar-refractivity contribution is 7.13. The van der Waals surface area contributed by atoms with Crippen molar-refractivity contribution in [3.63, 3.8) is 0 Å². The zero-order valence-corrected chi connectivity index (χ0v) is 12.2. The molecule has 0 fully saturated rings. The molecule has 21 heavy (non-hydrogen) atoms. The molecule has 0 aliphatic carbocycles. The van der Waals surface area contributed by atoms with Gasteiger partial charge in [0.15, 0.2) is 0 Å². The van der Waals surface area contributed by atoms with E-state index in [2.05, 4.69) is 20.4 Å². The Morgan fingerprint density at radius 1 is 0.762 bits per heavy atom. The Morgan fingerprint density at radius 3 is 1.71 bits per heavy atom. The predicted octanol–water partition coefficient (Wildman–Crippen LogP) is 3.50. The van der Waals surface area contributed by atoms with Gasteiger partial charge in [-0.1, -0.05) is 12.1 Å². The highest BCUT2D eigenvalue weighted by Crippen LogP contribution is 2.25. The highest BCUT2D eigenvalue weighted by Gasteiger charge is 2.14. The normalized spacial score (nSPS) is 11.0. The Kier molecular flexibility index (Phi) is 3.09. The van der Waals surface area contributed by atoms with E-state index in [4.69, 9.17) is 8.83 Å². The van der Waals surface area contributed by atoms with Gasteiger partial charge in [-0.2, -0.15) is 0 Å². The molecule has 0 atom stereocenters. The van der Waals surface area contributed by atoms with Gasteiger partial charge in [0.05, 0.1) is 9.75 Å². The zero-order chi connectivity index (χ0) is 14.1. The molecule has 4 heterocycles. The van der Waals surface area contributed by atoms with Gasteiger partial charge < -0.3 is 8.83 Å². The van der Waals surface area contributed by atoms with Crippen molar-refractivity contribution in [1.29, 1.82) is 0 Å². The van der Waals surface area contributed by atoms with Gasteiger partial charge in [-0.05, 0) is 22.9 Å². The lowest BCUT2D eigenvalue weighted by atomic mass is 10.4. The van der Waals surface area contributed by atoms with Gasteiger partial charge in [0.1, 0.15) is 6.42 Å². The molecule has 0 aliphatic rings. The molecule has 0 saturated carbocycles. The van der Waals surface area contributed by atoms with Crippen molar-refractivity contribution >= 4 is 22.7 Å². The first kappa shape index (κ1) is 12.4. The SMILES string of the molecule is c1csc(-c2nnc(Cc3nnc(-c4cccs4)o3)o2)c1. The van der Waals surface area contributed by atoms with Gasteiger partial charge in [-0.15, -0.1) is 43.1 Å². The first-order valence-electron chi connectivity index (χ1n) is 6.11. The third-order valence-corrected chi connectivity index (χ3v) is 4.42. The Morgan fingerprint density at radius 2 is 1.29 bits per heavy atom. The van der Waals surface area contributed by atoms with Crippen LogP contribution in [0.25, 0.3) is 21.5 Å². The Balaban J connectivity index is 1.54. The van der Waals surface area contributed by atoms with Crippen LogP contribution in [0.2, 0.25) is 0 Å². The van der Waals surface area contributed by atoms with E-state index in [1.807, 2.05) is 35.0 Å². The quantitative estimate of drug-likeness (QED) is 0.573. The lowest BCUT2D eigenvalue weighted by Gasteiger charge is -1.88. The van der Waals surface area contributed by atoms with Gasteiger partial charge in [0.2, 0.25) is 11.8 Å². The van der Waals surface area contributed by atoms with Crippen LogP contribution in [0.4, 0.5) is 0 Å². The second-order valence-electron chi connectivity index (χ2n) is 4.13. The number of nitrogens with zero attached hydrogens (tertiary/aromatic N) is 4. The molecule has 4 rings (SSSR count). The second kappa shape index (κ2) is 5.23. The number of hydrogen-bond acceptors (Lipinski definition) is 8. The van der Waals surface area contributed by atoms with Crippen LogP contribution in [0.15, 0.2) is 43.9 Å². The average molecular weight is 316 g/mol. The van der Waals surface area contributed by atoms with Gasteiger partial charge in [-0.3, -0.25) is 0 Å². The summed E-state index contributed by atoms with van der Waals surface area (Å²) in [7, 11) is 0. The number of rotatable bonds is 4. The molecular weight excluding hydrogens is 308 g/mol. The maximum absolute atomic E-state index is 5.59. The van der Waals surface area contributed by atoms with E-state index in [1.54, 1.807) is 22.7 Å². The van der Waals surface area contributed by atoms with Gasteiger partial charge in [0, 0.05) is 0 Å². The smallest absolute Gasteiger partial charge is 0.257 e. The number of thiophene rings is 2. The van der Waals surface area contributed by atoms with Crippen LogP contribution >= 0.6 is 22.7 Å². The maximum atomic E-state index is 5.59. The third-order valence-electron chi connectivity index (χ3n) is 2.70. The lowest BCUT2D eigenvalue weighted by Crippen LogP contribution is -1.88. The molecule has 0 amide bonds. The Labute approximate surface area is 127 Å². The fraction of sp³-hybridized carbons (Fsp3) is 0.0769. The van der Waals surface area contributed by atoms with Crippen molar-refractivity contribution in [1.82, 2.24) is 20.4 Å². The van der Waals surface area contributed by atoms with Gasteiger partial charge >= 0.3 is 0 Å². The Hall–Kier alpha value is -2.32. The fourth-order valence-electron chi connectivity index (χ4n) is 1.78. The largest absolute Gasteiger partial charge is 0.419 e. The van der Waals surface area contributed by atoms with Crippen LogP contribution in [0.1, 0.15) is 11.8 Å². The van der Waals surface area contributed by atoms with E-state index >= 15 is 0 Å². The molecular formula is C13H8N4O2S2. The monoisotopic (exact) mass is 316 g/mol. The molecule has 0 unspecified atom stereocenters. The van der Waals surface area contributed by atoms with Crippen LogP contribution < -0.4 is 0 Å². The fourth-order valence-corrected chi connectivity index (χ4v) is 3.07. The summed E-state index contributed by atoms with van der Waals surface area (Å²) < 4.78 is 11.2. The van der Waals surface area contributed by atoms with Crippen LogP contribution in [0, 0.1) is 0 Å². The summed E-state index contributed by atoms with van der Waals surface area (Å²) >= 11 is 3.10. The zero-order valence-electron chi connectivity index (χ0n) is 10.6. The van der Waals surface area contributed by atoms with E-state index in [9.17, 15) is 0 Å². The molecule has 0 spiro atoms. The Bertz CT molecular complexity index is 763. The molecule has 104 valence electrons. The average Bonchev–Trinajstić information content (AvgIpc) is 3.28. The summed E-state index contributed by atoms with van der Waals surface area (Å²) in [5, 5.41) is 20.0. The minimum absolute atomic E-state index is 0.330. The molecule has 4 aromatic rings. The highest BCUT2D eigenvalue weighted by atomic mass is 32.1. The molecule has 0 N–H and O–H groups in total. The van der Waals surface area contributed by atoms with E-state index in [0.717, 1.165) is 9.75 Å². The van der Waals surface area contributed by atoms with E-state index in [1.165, 1.54) is 0 Å². The topological polar surface area (TPSA) is 77.8 Å². The van der Waals surface area contributed by atoms with Crippen LogP contribution in [0.5, 0.6) is 0 Å². The van der Waals surface area contributed by atoms with Crippen molar-refractivity contribution in [2.24, 2.45) is 0 Å². The molecule has 0 aromatic carbocycles. The molecule has 0 radical (unpaired) electrons. The van der Waals surface area contributed by atoms with Gasteiger partial charge in [0.25, 0.3) is 11.8 Å². The standard InChI is InChI=1S/C13H8N4O2S2/c1-3-8(20-5-1)12-16-14-10(18-12)7-11-15-17-13(19-11)9-4-2-6-21-9/h1-6H,7H2. The summed E-state index contributed by atoms with van der Waals surface area (Å²) in [4.78, 5) is 1.89. The molecule has 8 heteroatoms. The van der Waals surface area contributed by atoms with E-state index in [-0.39, 0.29) is 0 Å². The van der Waals surface area contributed by atoms with E-state index < -0.39 is 0 Å². The van der Waals surface area contributed by atoms with Crippen molar-refractivity contribution in [3.8, 4) is 21.5 Å². The maximum Gasteiger partial charge on any atom is 0.257 e. The summed E-state index contributed by atoms with van der Waals surface area (Å²) in [6, 6.07) is 7.75. The van der Waals surface area contributed by atoms with Crippen LogP contribution in [-0.2, 0) is 6.42 Å². The van der Waals surface area contributed by atoms with Crippen molar-refractivity contribution in [2.45, 2.75) is 6.42 Å². The summed E-state index contributed by atoms with van der Waals surface area (Å²) in [5.74, 6) is 1.94. The summed E-state index contributed by atoms with van der Waals surface area (Å²) in [6.07, 6.45) is 0.330. The number of aromatic nitrogens is 4. The predicted molar refractivity (Wildman–Crippen MR) is 78.0 cm³/mol. The summed E-state index contributed by atoms with van der Waals surface area (Å²) in [5.41, 5.74) is 0. The summed E-state index contributed by atoms with van der Waals surface area (Å²) in [6.45, 7) is 0. The van der Waals surface area contributed by atoms with Crippen LogP contribution in [0.3, 0.4) is 0 Å². The van der Waals surface area contributed by atoms with Crippen molar-refractivity contribution in [2.75, 3.05) is 0 Å². The van der Waals surface area contributed by atoms with E-state index in [0.29, 0.717) is 30.0 Å². The first-order valence-corrected chi connectivity index (χ1v) is 7.87. The van der Waals surface area contributed by atoms with Gasteiger partial charge in [-0.25, -0.2) is 0 Å². The van der Waals surface area contributed by atoms with Crippen molar-refractivity contribution in [3.05, 3.63) is 46.8 Å². The number of hydrogen-bond donors (Lipinski definition) is 0. The lowest BCUT2D eigenvalue weighted by molar-refractivity contribution is 0.467. The molecule has 4 aromatic heterocycles. The molecule has 0 saturated heterocycles. The first-order chi connectivity index (χ1) is 10.4. The van der Waals surface area contributed by atoms with Crippen molar-refractivity contribution < 1.29 is 8.83 Å². The molecule has 0 aliphatic heterocycles. The minimum Gasteiger partial charge on any atom is -0.419 e. The van der Waals surface area contributed by atoms with Crippen LogP contribution in [-0.4, -0.2) is 20.4 Å². The molecule has 0 bridgehead atoms. The third kappa shape index (κ3) is 2.50. The molecule has 6 nitrogen and oxygen atoms in total. The second-order valence-corrected chi connectivity index (χ2v) is 6.03.